The third kappa shape index (κ3) is 4.70. The predicted molar refractivity (Wildman–Crippen MR) is 96.2 cm³/mol. The van der Waals surface area contributed by atoms with Crippen molar-refractivity contribution in [2.75, 3.05) is 32.5 Å². The highest BCUT2D eigenvalue weighted by molar-refractivity contribution is 6.29. The van der Waals surface area contributed by atoms with E-state index in [1.165, 1.54) is 33.5 Å². The number of ether oxygens (including phenoxy) is 4. The van der Waals surface area contributed by atoms with E-state index in [2.05, 4.69) is 5.32 Å². The van der Waals surface area contributed by atoms with Gasteiger partial charge in [0.05, 0.1) is 21.3 Å². The van der Waals surface area contributed by atoms with E-state index in [1.807, 2.05) is 0 Å². The van der Waals surface area contributed by atoms with Crippen LogP contribution in [0.5, 0.6) is 23.0 Å². The molecule has 0 heterocycles. The van der Waals surface area contributed by atoms with Crippen molar-refractivity contribution in [1.29, 1.82) is 0 Å². The summed E-state index contributed by atoms with van der Waals surface area (Å²) in [4.78, 5) is 11.2. The van der Waals surface area contributed by atoms with Gasteiger partial charge in [0, 0.05) is 11.8 Å². The van der Waals surface area contributed by atoms with Gasteiger partial charge in [-0.05, 0) is 29.8 Å². The number of benzene rings is 2. The lowest BCUT2D eigenvalue weighted by atomic mass is 10.2. The number of anilines is 1. The fourth-order valence-corrected chi connectivity index (χ4v) is 2.34. The molecule has 1 amide bonds. The number of hydrogen-bond donors (Lipinski definition) is 1. The fraction of sp³-hybridized carbons (Fsp3) is 0.278. The van der Waals surface area contributed by atoms with Crippen LogP contribution in [-0.2, 0) is 11.4 Å². The summed E-state index contributed by atoms with van der Waals surface area (Å²) >= 11 is 5.40. The zero-order valence-electron chi connectivity index (χ0n) is 14.6. The van der Waals surface area contributed by atoms with Gasteiger partial charge in [0.2, 0.25) is 11.7 Å². The van der Waals surface area contributed by atoms with Gasteiger partial charge in [-0.1, -0.05) is 0 Å². The summed E-state index contributed by atoms with van der Waals surface area (Å²) < 4.78 is 35.5. The maximum atomic E-state index is 14.1. The third-order valence-corrected chi connectivity index (χ3v) is 3.70. The Hall–Kier alpha value is -2.67. The first-order valence-electron chi connectivity index (χ1n) is 7.59. The molecule has 0 fully saturated rings. The lowest BCUT2D eigenvalue weighted by Gasteiger charge is -2.15. The van der Waals surface area contributed by atoms with Crippen molar-refractivity contribution in [2.45, 2.75) is 6.61 Å². The molecule has 0 aliphatic carbocycles. The monoisotopic (exact) mass is 383 g/mol. The van der Waals surface area contributed by atoms with Crippen molar-refractivity contribution in [1.82, 2.24) is 0 Å². The number of hydrogen-bond acceptors (Lipinski definition) is 5. The Morgan fingerprint density at radius 2 is 1.69 bits per heavy atom. The Balaban J connectivity index is 2.14. The number of methoxy groups -OCH3 is 3. The fourth-order valence-electron chi connectivity index (χ4n) is 2.27. The molecule has 0 atom stereocenters. The molecule has 0 aromatic heterocycles. The second-order valence-electron chi connectivity index (χ2n) is 5.15. The molecule has 2 aromatic rings. The van der Waals surface area contributed by atoms with Crippen molar-refractivity contribution in [2.24, 2.45) is 0 Å². The zero-order chi connectivity index (χ0) is 19.1. The van der Waals surface area contributed by atoms with E-state index in [0.717, 1.165) is 6.07 Å². The highest BCUT2D eigenvalue weighted by Crippen LogP contribution is 2.38. The SMILES string of the molecule is COc1cc(COc2ccc(NC(=O)CCl)cc2F)cc(OC)c1OC. The first kappa shape index (κ1) is 19.7. The molecule has 2 rings (SSSR count). The highest BCUT2D eigenvalue weighted by atomic mass is 35.5. The van der Waals surface area contributed by atoms with Gasteiger partial charge < -0.3 is 24.3 Å². The maximum Gasteiger partial charge on any atom is 0.239 e. The van der Waals surface area contributed by atoms with E-state index >= 15 is 0 Å². The number of alkyl halides is 1. The summed E-state index contributed by atoms with van der Waals surface area (Å²) in [6.45, 7) is 0.0843. The first-order chi connectivity index (χ1) is 12.5. The summed E-state index contributed by atoms with van der Waals surface area (Å²) in [5.74, 6) is 0.227. The number of nitrogens with one attached hydrogen (secondary N) is 1. The van der Waals surface area contributed by atoms with E-state index in [9.17, 15) is 9.18 Å². The molecule has 0 aliphatic rings. The Morgan fingerprint density at radius 3 is 2.19 bits per heavy atom. The number of carbonyl (C=O) groups excluding carboxylic acids is 1. The third-order valence-electron chi connectivity index (χ3n) is 3.46. The molecule has 0 spiro atoms. The van der Waals surface area contributed by atoms with Crippen LogP contribution in [-0.4, -0.2) is 33.1 Å². The minimum atomic E-state index is -0.607. The average molecular weight is 384 g/mol. The average Bonchev–Trinajstić information content (AvgIpc) is 2.66. The largest absolute Gasteiger partial charge is 0.493 e. The molecule has 0 saturated heterocycles. The van der Waals surface area contributed by atoms with Crippen LogP contribution in [0, 0.1) is 5.82 Å². The maximum absolute atomic E-state index is 14.1. The number of carbonyl (C=O) groups is 1. The standard InChI is InChI=1S/C18H19ClFNO5/c1-23-15-6-11(7-16(24-2)18(15)25-3)10-26-14-5-4-12(8-13(14)20)21-17(22)9-19/h4-8H,9-10H2,1-3H3,(H,21,22). The minimum absolute atomic E-state index is 0.0441. The molecule has 140 valence electrons. The second kappa shape index (κ2) is 9.15. The molecule has 6 nitrogen and oxygen atoms in total. The lowest BCUT2D eigenvalue weighted by Crippen LogP contribution is -2.12. The van der Waals surface area contributed by atoms with Crippen molar-refractivity contribution < 1.29 is 28.1 Å². The molecule has 0 unspecified atom stereocenters. The predicted octanol–water partition coefficient (Wildman–Crippen LogP) is 3.61. The number of amides is 1. The van der Waals surface area contributed by atoms with Crippen molar-refractivity contribution in [3.63, 3.8) is 0 Å². The van der Waals surface area contributed by atoms with Crippen LogP contribution in [0.4, 0.5) is 10.1 Å². The Bertz CT molecular complexity index is 759. The van der Waals surface area contributed by atoms with E-state index in [1.54, 1.807) is 12.1 Å². The highest BCUT2D eigenvalue weighted by Gasteiger charge is 2.14. The minimum Gasteiger partial charge on any atom is -0.493 e. The van der Waals surface area contributed by atoms with E-state index in [0.29, 0.717) is 28.5 Å². The number of halogens is 2. The molecule has 1 N–H and O–H groups in total. The smallest absolute Gasteiger partial charge is 0.239 e. The summed E-state index contributed by atoms with van der Waals surface area (Å²) in [6.07, 6.45) is 0. The quantitative estimate of drug-likeness (QED) is 0.705. The molecule has 0 bridgehead atoms. The van der Waals surface area contributed by atoms with E-state index in [-0.39, 0.29) is 18.2 Å². The molecular weight excluding hydrogens is 365 g/mol. The number of rotatable bonds is 8. The molecular formula is C18H19ClFNO5. The van der Waals surface area contributed by atoms with Crippen molar-refractivity contribution >= 4 is 23.2 Å². The van der Waals surface area contributed by atoms with Gasteiger partial charge in [0.15, 0.2) is 23.1 Å². The van der Waals surface area contributed by atoms with E-state index < -0.39 is 11.7 Å². The van der Waals surface area contributed by atoms with E-state index in [4.69, 9.17) is 30.5 Å². The van der Waals surface area contributed by atoms with Crippen molar-refractivity contribution in [3.05, 3.63) is 41.7 Å². The van der Waals surface area contributed by atoms with Crippen LogP contribution >= 0.6 is 11.6 Å². The molecule has 26 heavy (non-hydrogen) atoms. The Morgan fingerprint density at radius 1 is 1.04 bits per heavy atom. The molecule has 2 aromatic carbocycles. The lowest BCUT2D eigenvalue weighted by molar-refractivity contribution is -0.113. The molecule has 8 heteroatoms. The Labute approximate surface area is 155 Å². The summed E-state index contributed by atoms with van der Waals surface area (Å²) in [5, 5.41) is 2.46. The van der Waals surface area contributed by atoms with Crippen LogP contribution in [0.3, 0.4) is 0 Å². The first-order valence-corrected chi connectivity index (χ1v) is 8.12. The topological polar surface area (TPSA) is 66.0 Å². The van der Waals surface area contributed by atoms with Crippen molar-refractivity contribution in [3.8, 4) is 23.0 Å². The normalized spacial score (nSPS) is 10.2. The molecule has 0 aliphatic heterocycles. The van der Waals surface area contributed by atoms with Gasteiger partial charge in [-0.25, -0.2) is 4.39 Å². The summed E-state index contributed by atoms with van der Waals surface area (Å²) in [5.41, 5.74) is 1.01. The van der Waals surface area contributed by atoms with Gasteiger partial charge in [0.25, 0.3) is 0 Å². The molecule has 0 saturated carbocycles. The van der Waals surface area contributed by atoms with Crippen LogP contribution in [0.15, 0.2) is 30.3 Å². The van der Waals surface area contributed by atoms with Crippen LogP contribution < -0.4 is 24.3 Å². The van der Waals surface area contributed by atoms with Gasteiger partial charge in [-0.2, -0.15) is 0 Å². The molecule has 0 radical (unpaired) electrons. The van der Waals surface area contributed by atoms with Crippen LogP contribution in [0.1, 0.15) is 5.56 Å². The zero-order valence-corrected chi connectivity index (χ0v) is 15.4. The second-order valence-corrected chi connectivity index (χ2v) is 5.42. The Kier molecular flexibility index (Phi) is 6.91. The van der Waals surface area contributed by atoms with Gasteiger partial charge in [-0.3, -0.25) is 4.79 Å². The summed E-state index contributed by atoms with van der Waals surface area (Å²) in [7, 11) is 4.53. The summed E-state index contributed by atoms with van der Waals surface area (Å²) in [6, 6.07) is 7.55. The van der Waals surface area contributed by atoms with Gasteiger partial charge in [0.1, 0.15) is 12.5 Å². The van der Waals surface area contributed by atoms with Gasteiger partial charge in [-0.15, -0.1) is 11.6 Å². The van der Waals surface area contributed by atoms with Gasteiger partial charge >= 0.3 is 0 Å². The van der Waals surface area contributed by atoms with Crippen LogP contribution in [0.25, 0.3) is 0 Å². The van der Waals surface area contributed by atoms with Crippen LogP contribution in [0.2, 0.25) is 0 Å².